The second kappa shape index (κ2) is 8.36. The van der Waals surface area contributed by atoms with Gasteiger partial charge in [0.15, 0.2) is 0 Å². The Hall–Kier alpha value is -1.98. The number of carbonyl (C=O) groups is 1. The summed E-state index contributed by atoms with van der Waals surface area (Å²) in [4.78, 5) is 12.2. The molecular weight excluding hydrogens is 338 g/mol. The Morgan fingerprint density at radius 1 is 1.11 bits per heavy atom. The molecule has 0 atom stereocenters. The van der Waals surface area contributed by atoms with Crippen LogP contribution in [0.2, 0.25) is 0 Å². The van der Waals surface area contributed by atoms with Crippen LogP contribution in [0.3, 0.4) is 0 Å². The van der Waals surface area contributed by atoms with E-state index in [2.05, 4.69) is 10.6 Å². The van der Waals surface area contributed by atoms with Crippen LogP contribution >= 0.6 is 0 Å². The molecule has 0 unspecified atom stereocenters. The summed E-state index contributed by atoms with van der Waals surface area (Å²) in [5.41, 5.74) is 2.31. The zero-order valence-corrected chi connectivity index (χ0v) is 17.1. The van der Waals surface area contributed by atoms with Crippen molar-refractivity contribution >= 4 is 32.1 Å². The fourth-order valence-electron chi connectivity index (χ4n) is 2.49. The highest BCUT2D eigenvalue weighted by molar-refractivity contribution is 6.62. The average molecular weight is 366 g/mol. The topological polar surface area (TPSA) is 59.6 Å². The lowest BCUT2D eigenvalue weighted by Gasteiger charge is -2.32. The minimum atomic E-state index is -0.418. The van der Waals surface area contributed by atoms with Crippen molar-refractivity contribution in [3.8, 4) is 0 Å². The Labute approximate surface area is 164 Å². The molecule has 7 heteroatoms. The van der Waals surface area contributed by atoms with Crippen LogP contribution < -0.4 is 16.1 Å². The van der Waals surface area contributed by atoms with Gasteiger partial charge in [0.1, 0.15) is 7.85 Å². The Bertz CT molecular complexity index is 720. The van der Waals surface area contributed by atoms with Crippen molar-refractivity contribution in [3.05, 3.63) is 47.6 Å². The number of hydrogen-bond acceptors (Lipinski definition) is 3. The van der Waals surface area contributed by atoms with Gasteiger partial charge >= 0.3 is 13.1 Å². The van der Waals surface area contributed by atoms with Crippen molar-refractivity contribution in [2.75, 3.05) is 5.32 Å². The lowest BCUT2D eigenvalue weighted by Crippen LogP contribution is -2.41. The molecule has 0 spiro atoms. The molecule has 27 heavy (non-hydrogen) atoms. The molecule has 1 aliphatic heterocycles. The quantitative estimate of drug-likeness (QED) is 0.620. The van der Waals surface area contributed by atoms with Crippen LogP contribution in [-0.4, -0.2) is 32.2 Å². The van der Waals surface area contributed by atoms with Crippen molar-refractivity contribution in [1.82, 2.24) is 5.32 Å². The fourth-order valence-corrected chi connectivity index (χ4v) is 2.49. The molecule has 0 saturated carbocycles. The SMILES string of the molecule is [B]/C(C)=C/C=C(\CC)NC(=O)Nc1ccc(B2OC(C)(C)C(C)(C)O2)cc1. The molecule has 1 aromatic carbocycles. The third-order valence-electron chi connectivity index (χ3n) is 4.90. The van der Waals surface area contributed by atoms with Gasteiger partial charge in [-0.15, -0.1) is 5.47 Å². The van der Waals surface area contributed by atoms with Crippen LogP contribution in [0.4, 0.5) is 10.5 Å². The molecule has 1 heterocycles. The Kier molecular flexibility index (Phi) is 6.60. The first kappa shape index (κ1) is 21.3. The van der Waals surface area contributed by atoms with Gasteiger partial charge in [0.05, 0.1) is 11.2 Å². The number of hydrogen-bond donors (Lipinski definition) is 2. The molecule has 0 bridgehead atoms. The number of amides is 2. The van der Waals surface area contributed by atoms with Gasteiger partial charge < -0.3 is 19.9 Å². The first-order chi connectivity index (χ1) is 12.5. The van der Waals surface area contributed by atoms with Gasteiger partial charge in [0.25, 0.3) is 0 Å². The van der Waals surface area contributed by atoms with E-state index >= 15 is 0 Å². The number of benzene rings is 1. The maximum atomic E-state index is 12.2. The van der Waals surface area contributed by atoms with Gasteiger partial charge in [-0.25, -0.2) is 4.79 Å². The van der Waals surface area contributed by atoms with Crippen molar-refractivity contribution in [2.24, 2.45) is 0 Å². The zero-order valence-electron chi connectivity index (χ0n) is 17.1. The standard InChI is InChI=1S/C20H28B2N2O3/c1-7-16(11-8-14(2)21)23-18(25)24-17-12-9-15(10-13-17)22-26-19(3,4)20(5,6)27-22/h8-13H,7H2,1-6H3,(H2,23,24,25)/b14-8+,16-11+. The molecular formula is C20H28B2N2O3. The van der Waals surface area contributed by atoms with Crippen molar-refractivity contribution in [2.45, 2.75) is 59.2 Å². The van der Waals surface area contributed by atoms with E-state index in [4.69, 9.17) is 17.2 Å². The van der Waals surface area contributed by atoms with Gasteiger partial charge in [-0.05, 0) is 57.8 Å². The number of allylic oxidation sites excluding steroid dienone is 4. The molecule has 0 aliphatic carbocycles. The predicted molar refractivity (Wildman–Crippen MR) is 112 cm³/mol. The molecule has 5 nitrogen and oxygen atoms in total. The largest absolute Gasteiger partial charge is 0.494 e. The molecule has 1 fully saturated rings. The maximum absolute atomic E-state index is 12.2. The summed E-state index contributed by atoms with van der Waals surface area (Å²) < 4.78 is 12.1. The van der Waals surface area contributed by atoms with E-state index in [1.807, 2.05) is 58.9 Å². The Morgan fingerprint density at radius 2 is 1.67 bits per heavy atom. The molecule has 2 N–H and O–H groups in total. The van der Waals surface area contributed by atoms with Crippen LogP contribution in [0, 0.1) is 0 Å². The highest BCUT2D eigenvalue weighted by Crippen LogP contribution is 2.36. The van der Waals surface area contributed by atoms with Gasteiger partial charge in [-0.1, -0.05) is 32.1 Å². The lowest BCUT2D eigenvalue weighted by atomic mass is 9.79. The summed E-state index contributed by atoms with van der Waals surface area (Å²) in [5, 5.41) is 5.64. The maximum Gasteiger partial charge on any atom is 0.494 e. The van der Waals surface area contributed by atoms with Crippen molar-refractivity contribution in [3.63, 3.8) is 0 Å². The highest BCUT2D eigenvalue weighted by Gasteiger charge is 2.51. The van der Waals surface area contributed by atoms with Gasteiger partial charge in [-0.2, -0.15) is 0 Å². The molecule has 2 rings (SSSR count). The second-order valence-corrected chi connectivity index (χ2v) is 7.75. The monoisotopic (exact) mass is 366 g/mol. The average Bonchev–Trinajstić information content (AvgIpc) is 2.79. The van der Waals surface area contributed by atoms with E-state index in [1.165, 1.54) is 0 Å². The van der Waals surface area contributed by atoms with Gasteiger partial charge in [0.2, 0.25) is 0 Å². The minimum absolute atomic E-state index is 0.297. The van der Waals surface area contributed by atoms with E-state index in [9.17, 15) is 4.79 Å². The van der Waals surface area contributed by atoms with Crippen molar-refractivity contribution < 1.29 is 14.1 Å². The first-order valence-corrected chi connectivity index (χ1v) is 9.20. The van der Waals surface area contributed by atoms with E-state index in [0.717, 1.165) is 11.2 Å². The van der Waals surface area contributed by atoms with Gasteiger partial charge in [0, 0.05) is 11.4 Å². The smallest absolute Gasteiger partial charge is 0.399 e. The number of carbonyl (C=O) groups excluding carboxylic acids is 1. The van der Waals surface area contributed by atoms with E-state index in [-0.39, 0.29) is 17.2 Å². The number of rotatable bonds is 5. The summed E-state index contributed by atoms with van der Waals surface area (Å²) >= 11 is 0. The summed E-state index contributed by atoms with van der Waals surface area (Å²) in [6, 6.07) is 7.16. The number of nitrogens with one attached hydrogen (secondary N) is 2. The molecule has 142 valence electrons. The highest BCUT2D eigenvalue weighted by atomic mass is 16.7. The number of urea groups is 1. The molecule has 1 aromatic rings. The third-order valence-corrected chi connectivity index (χ3v) is 4.90. The minimum Gasteiger partial charge on any atom is -0.399 e. The van der Waals surface area contributed by atoms with Crippen LogP contribution in [0.15, 0.2) is 47.6 Å². The molecule has 1 aliphatic rings. The Morgan fingerprint density at radius 3 is 2.15 bits per heavy atom. The van der Waals surface area contributed by atoms with Gasteiger partial charge in [-0.3, -0.25) is 0 Å². The summed E-state index contributed by atoms with van der Waals surface area (Å²) in [6.07, 6.45) is 4.26. The van der Waals surface area contributed by atoms with E-state index in [0.29, 0.717) is 17.6 Å². The molecule has 2 amide bonds. The van der Waals surface area contributed by atoms with E-state index in [1.54, 1.807) is 19.1 Å². The second-order valence-electron chi connectivity index (χ2n) is 7.75. The van der Waals surface area contributed by atoms with Crippen LogP contribution in [-0.2, 0) is 9.31 Å². The summed E-state index contributed by atoms with van der Waals surface area (Å²) in [6.45, 7) is 11.8. The van der Waals surface area contributed by atoms with Crippen molar-refractivity contribution in [1.29, 1.82) is 0 Å². The molecule has 1 saturated heterocycles. The summed E-state index contributed by atoms with van der Waals surface area (Å²) in [5.74, 6) is 0. The van der Waals surface area contributed by atoms with Crippen LogP contribution in [0.5, 0.6) is 0 Å². The van der Waals surface area contributed by atoms with E-state index < -0.39 is 7.12 Å². The van der Waals surface area contributed by atoms with Crippen LogP contribution in [0.1, 0.15) is 48.0 Å². The number of anilines is 1. The zero-order chi connectivity index (χ0) is 20.2. The first-order valence-electron chi connectivity index (χ1n) is 9.20. The third kappa shape index (κ3) is 5.50. The Balaban J connectivity index is 1.99. The fraction of sp³-hybridized carbons (Fsp3) is 0.450. The lowest BCUT2D eigenvalue weighted by molar-refractivity contribution is 0.00578. The van der Waals surface area contributed by atoms with Crippen LogP contribution in [0.25, 0.3) is 0 Å². The molecule has 0 aromatic heterocycles. The predicted octanol–water partition coefficient (Wildman–Crippen LogP) is 3.47. The normalized spacial score (nSPS) is 19.1. The molecule has 2 radical (unpaired) electrons. The summed E-state index contributed by atoms with van der Waals surface area (Å²) in [7, 11) is 5.20.